The van der Waals surface area contributed by atoms with E-state index in [4.69, 9.17) is 0 Å². The van der Waals surface area contributed by atoms with Crippen LogP contribution in [0.5, 0.6) is 0 Å². The molecule has 2 aromatic rings. The van der Waals surface area contributed by atoms with Gasteiger partial charge in [0.1, 0.15) is 4.21 Å². The zero-order valence-corrected chi connectivity index (χ0v) is 14.5. The van der Waals surface area contributed by atoms with E-state index in [2.05, 4.69) is 32.6 Å². The molecule has 112 valence electrons. The van der Waals surface area contributed by atoms with E-state index in [0.29, 0.717) is 5.69 Å². The highest BCUT2D eigenvalue weighted by Gasteiger charge is 2.25. The van der Waals surface area contributed by atoms with Crippen LogP contribution in [0.25, 0.3) is 0 Å². The van der Waals surface area contributed by atoms with Crippen LogP contribution in [0.2, 0.25) is 0 Å². The first-order chi connectivity index (χ1) is 9.83. The number of hydrogen-bond donors (Lipinski definition) is 2. The molecule has 0 radical (unpaired) electrons. The highest BCUT2D eigenvalue weighted by molar-refractivity contribution is 14.1. The maximum Gasteiger partial charge on any atom is 0.304 e. The molecule has 1 heterocycles. The summed E-state index contributed by atoms with van der Waals surface area (Å²) in [6.45, 7) is 0. The highest BCUT2D eigenvalue weighted by atomic mass is 127. The maximum absolute atomic E-state index is 12.3. The predicted octanol–water partition coefficient (Wildman–Crippen LogP) is 3.10. The van der Waals surface area contributed by atoms with E-state index in [1.54, 1.807) is 18.2 Å². The van der Waals surface area contributed by atoms with Crippen LogP contribution < -0.4 is 10.0 Å². The minimum atomic E-state index is -3.85. The molecule has 21 heavy (non-hydrogen) atoms. The molecule has 0 fully saturated rings. The van der Waals surface area contributed by atoms with Crippen LogP contribution in [0.1, 0.15) is 0 Å². The number of nitrogens with one attached hydrogen (secondary N) is 2. The summed E-state index contributed by atoms with van der Waals surface area (Å²) in [7, 11) is -2.35. The lowest BCUT2D eigenvalue weighted by Crippen LogP contribution is -2.11. The molecule has 1 aromatic carbocycles. The third kappa shape index (κ3) is 3.63. The molecule has 1 aromatic heterocycles. The van der Waals surface area contributed by atoms with Crippen molar-refractivity contribution in [3.63, 3.8) is 0 Å². The van der Waals surface area contributed by atoms with Gasteiger partial charge in [-0.1, -0.05) is 17.4 Å². The van der Waals surface area contributed by atoms with E-state index in [9.17, 15) is 18.5 Å². The van der Waals surface area contributed by atoms with Gasteiger partial charge in [0, 0.05) is 22.4 Å². The van der Waals surface area contributed by atoms with Crippen LogP contribution in [-0.2, 0) is 10.0 Å². The first-order valence-electron chi connectivity index (χ1n) is 5.58. The Bertz CT molecular complexity index is 789. The number of halogens is 1. The number of sulfonamides is 1. The van der Waals surface area contributed by atoms with Crippen LogP contribution in [0.15, 0.2) is 34.5 Å². The van der Waals surface area contributed by atoms with Crippen molar-refractivity contribution in [2.24, 2.45) is 0 Å². The van der Waals surface area contributed by atoms with Gasteiger partial charge in [-0.3, -0.25) is 14.8 Å². The minimum absolute atomic E-state index is 0.114. The SMILES string of the molecule is CNc1sc(S(=O)(=O)Nc2cccc(I)c2)cc1[N+](=O)[O-]. The second kappa shape index (κ2) is 6.15. The molecular formula is C11H10IN3O4S2. The standard InChI is InChI=1S/C11H10IN3O4S2/c1-13-11-9(15(16)17)6-10(20-11)21(18,19)14-8-4-2-3-7(12)5-8/h2-6,13-14H,1H3. The zero-order chi connectivity index (χ0) is 15.6. The summed E-state index contributed by atoms with van der Waals surface area (Å²) in [5.74, 6) is 0. The Morgan fingerprint density at radius 2 is 2.05 bits per heavy atom. The van der Waals surface area contributed by atoms with Gasteiger partial charge in [-0.2, -0.15) is 0 Å². The van der Waals surface area contributed by atoms with Crippen molar-refractivity contribution in [3.8, 4) is 0 Å². The van der Waals surface area contributed by atoms with Crippen molar-refractivity contribution in [1.29, 1.82) is 0 Å². The monoisotopic (exact) mass is 439 g/mol. The van der Waals surface area contributed by atoms with E-state index < -0.39 is 14.9 Å². The smallest absolute Gasteiger partial charge is 0.304 e. The second-order valence-electron chi connectivity index (χ2n) is 3.90. The molecule has 2 rings (SSSR count). The Kier molecular flexibility index (Phi) is 4.68. The van der Waals surface area contributed by atoms with Crippen LogP contribution in [0.4, 0.5) is 16.4 Å². The van der Waals surface area contributed by atoms with E-state index in [1.165, 1.54) is 7.05 Å². The van der Waals surface area contributed by atoms with E-state index in [0.717, 1.165) is 21.0 Å². The maximum atomic E-state index is 12.3. The number of nitro groups is 1. The number of anilines is 2. The molecule has 0 aliphatic rings. The number of hydrogen-bond acceptors (Lipinski definition) is 6. The summed E-state index contributed by atoms with van der Waals surface area (Å²) >= 11 is 2.88. The summed E-state index contributed by atoms with van der Waals surface area (Å²) in [4.78, 5) is 10.3. The van der Waals surface area contributed by atoms with Crippen molar-refractivity contribution in [3.05, 3.63) is 44.0 Å². The molecule has 0 saturated carbocycles. The average molecular weight is 439 g/mol. The van der Waals surface area contributed by atoms with Gasteiger partial charge in [-0.15, -0.1) is 0 Å². The highest BCUT2D eigenvalue weighted by Crippen LogP contribution is 2.37. The molecule has 0 atom stereocenters. The number of nitrogens with zero attached hydrogens (tertiary/aromatic N) is 1. The number of benzene rings is 1. The molecule has 0 aliphatic carbocycles. The van der Waals surface area contributed by atoms with Crippen molar-refractivity contribution in [2.75, 3.05) is 17.1 Å². The summed E-state index contributed by atoms with van der Waals surface area (Å²) < 4.78 is 27.7. The molecule has 0 aliphatic heterocycles. The third-order valence-corrected chi connectivity index (χ3v) is 6.12. The van der Waals surface area contributed by atoms with E-state index in [1.807, 2.05) is 6.07 Å². The average Bonchev–Trinajstić information content (AvgIpc) is 2.83. The van der Waals surface area contributed by atoms with Gasteiger partial charge in [0.2, 0.25) is 0 Å². The third-order valence-electron chi connectivity index (χ3n) is 2.46. The molecular weight excluding hydrogens is 429 g/mol. The second-order valence-corrected chi connectivity index (χ2v) is 8.11. The van der Waals surface area contributed by atoms with Gasteiger partial charge in [0.15, 0.2) is 5.00 Å². The van der Waals surface area contributed by atoms with Crippen molar-refractivity contribution >= 4 is 60.3 Å². The van der Waals surface area contributed by atoms with E-state index in [-0.39, 0.29) is 14.9 Å². The molecule has 2 N–H and O–H groups in total. The fraction of sp³-hybridized carbons (Fsp3) is 0.0909. The topological polar surface area (TPSA) is 101 Å². The lowest BCUT2D eigenvalue weighted by Gasteiger charge is -2.05. The molecule has 0 unspecified atom stereocenters. The predicted molar refractivity (Wildman–Crippen MR) is 90.5 cm³/mol. The normalized spacial score (nSPS) is 11.1. The van der Waals surface area contributed by atoms with Crippen LogP contribution in [0.3, 0.4) is 0 Å². The first kappa shape index (κ1) is 16.0. The van der Waals surface area contributed by atoms with Gasteiger partial charge in [0.25, 0.3) is 10.0 Å². The minimum Gasteiger partial charge on any atom is -0.374 e. The van der Waals surface area contributed by atoms with E-state index >= 15 is 0 Å². The van der Waals surface area contributed by atoms with Crippen LogP contribution >= 0.6 is 33.9 Å². The Morgan fingerprint density at radius 1 is 1.33 bits per heavy atom. The van der Waals surface area contributed by atoms with Gasteiger partial charge in [0.05, 0.1) is 4.92 Å². The van der Waals surface area contributed by atoms with Gasteiger partial charge in [-0.05, 0) is 40.8 Å². The quantitative estimate of drug-likeness (QED) is 0.424. The largest absolute Gasteiger partial charge is 0.374 e. The molecule has 10 heteroatoms. The lowest BCUT2D eigenvalue weighted by atomic mass is 10.3. The fourth-order valence-corrected chi connectivity index (χ4v) is 4.44. The van der Waals surface area contributed by atoms with Crippen LogP contribution in [-0.4, -0.2) is 20.4 Å². The van der Waals surface area contributed by atoms with Gasteiger partial charge >= 0.3 is 5.69 Å². The molecule has 0 amide bonds. The Hall–Kier alpha value is -1.40. The molecule has 0 spiro atoms. The number of thiophene rings is 1. The fourth-order valence-electron chi connectivity index (χ4n) is 1.56. The summed E-state index contributed by atoms with van der Waals surface area (Å²) in [6.07, 6.45) is 0. The summed E-state index contributed by atoms with van der Waals surface area (Å²) in [5.41, 5.74) is 0.148. The molecule has 7 nitrogen and oxygen atoms in total. The van der Waals surface area contributed by atoms with Crippen molar-refractivity contribution in [1.82, 2.24) is 0 Å². The Balaban J connectivity index is 2.38. The Labute approximate surface area is 138 Å². The zero-order valence-electron chi connectivity index (χ0n) is 10.7. The molecule has 0 bridgehead atoms. The summed E-state index contributed by atoms with van der Waals surface area (Å²) in [6, 6.07) is 7.87. The van der Waals surface area contributed by atoms with Crippen LogP contribution in [0, 0.1) is 13.7 Å². The van der Waals surface area contributed by atoms with Gasteiger partial charge in [-0.25, -0.2) is 8.42 Å². The first-order valence-corrected chi connectivity index (χ1v) is 8.95. The molecule has 0 saturated heterocycles. The van der Waals surface area contributed by atoms with Crippen molar-refractivity contribution in [2.45, 2.75) is 4.21 Å². The number of rotatable bonds is 5. The summed E-state index contributed by atoms with van der Waals surface area (Å²) in [5, 5.41) is 13.7. The Morgan fingerprint density at radius 3 is 2.57 bits per heavy atom. The van der Waals surface area contributed by atoms with Crippen molar-refractivity contribution < 1.29 is 13.3 Å². The van der Waals surface area contributed by atoms with Gasteiger partial charge < -0.3 is 5.32 Å². The lowest BCUT2D eigenvalue weighted by molar-refractivity contribution is -0.383.